The smallest absolute Gasteiger partial charge is 0.326 e. The molecule has 0 spiro atoms. The van der Waals surface area contributed by atoms with E-state index in [1.54, 1.807) is 32.1 Å². The minimum atomic E-state index is -0.994. The Bertz CT molecular complexity index is 406. The summed E-state index contributed by atoms with van der Waals surface area (Å²) in [6.07, 6.45) is 0.973. The highest BCUT2D eigenvalue weighted by Gasteiger charge is 2.32. The Morgan fingerprint density at radius 1 is 1.44 bits per heavy atom. The molecule has 0 saturated carbocycles. The monoisotopic (exact) mass is 269 g/mol. The fraction of sp³-hybridized carbons (Fsp3) is 0.538. The van der Waals surface area contributed by atoms with Gasteiger partial charge in [-0.15, -0.1) is 11.3 Å². The first-order valence-corrected chi connectivity index (χ1v) is 6.73. The van der Waals surface area contributed by atoms with Crippen LogP contribution in [0.4, 0.5) is 0 Å². The number of hydrogen-bond donors (Lipinski definition) is 2. The number of carbonyl (C=O) groups excluding carboxylic acids is 1. The van der Waals surface area contributed by atoms with Crippen molar-refractivity contribution in [3.63, 3.8) is 0 Å². The molecule has 1 rings (SSSR count). The summed E-state index contributed by atoms with van der Waals surface area (Å²) in [5.41, 5.74) is -0.496. The SMILES string of the molecule is CC(C)(C)[C@@H](NC(=O)CCc1cccs1)C(=O)O. The molecule has 0 saturated heterocycles. The van der Waals surface area contributed by atoms with E-state index in [2.05, 4.69) is 5.32 Å². The number of amides is 1. The van der Waals surface area contributed by atoms with Crippen molar-refractivity contribution in [2.45, 2.75) is 39.7 Å². The fourth-order valence-corrected chi connectivity index (χ4v) is 2.28. The van der Waals surface area contributed by atoms with Gasteiger partial charge in [0, 0.05) is 11.3 Å². The van der Waals surface area contributed by atoms with Crippen molar-refractivity contribution in [2.24, 2.45) is 5.41 Å². The van der Waals surface area contributed by atoms with Crippen LogP contribution in [0.3, 0.4) is 0 Å². The van der Waals surface area contributed by atoms with E-state index in [0.717, 1.165) is 4.88 Å². The molecule has 2 N–H and O–H groups in total. The molecular weight excluding hydrogens is 250 g/mol. The van der Waals surface area contributed by atoms with Crippen LogP contribution >= 0.6 is 11.3 Å². The van der Waals surface area contributed by atoms with Gasteiger partial charge in [-0.2, -0.15) is 0 Å². The minimum absolute atomic E-state index is 0.217. The number of aryl methyl sites for hydroxylation is 1. The molecule has 0 radical (unpaired) electrons. The van der Waals surface area contributed by atoms with Gasteiger partial charge in [-0.3, -0.25) is 4.79 Å². The minimum Gasteiger partial charge on any atom is -0.480 e. The zero-order valence-corrected chi connectivity index (χ0v) is 11.7. The summed E-state index contributed by atoms with van der Waals surface area (Å²) < 4.78 is 0. The number of carboxylic acids is 1. The summed E-state index contributed by atoms with van der Waals surface area (Å²) >= 11 is 1.60. The first-order valence-electron chi connectivity index (χ1n) is 5.85. The van der Waals surface area contributed by atoms with Gasteiger partial charge in [0.15, 0.2) is 0 Å². The molecule has 0 fully saturated rings. The first-order chi connectivity index (χ1) is 8.30. The molecule has 0 aliphatic carbocycles. The molecule has 0 aromatic carbocycles. The molecule has 5 heteroatoms. The van der Waals surface area contributed by atoms with E-state index >= 15 is 0 Å². The van der Waals surface area contributed by atoms with Crippen LogP contribution < -0.4 is 5.32 Å². The third-order valence-corrected chi connectivity index (χ3v) is 3.53. The second kappa shape index (κ2) is 6.00. The largest absolute Gasteiger partial charge is 0.480 e. The zero-order valence-electron chi connectivity index (χ0n) is 10.9. The standard InChI is InChI=1S/C13H19NO3S/c1-13(2,3)11(12(16)17)14-10(15)7-6-9-5-4-8-18-9/h4-5,8,11H,6-7H2,1-3H3,(H,14,15)(H,16,17)/t11-/m0/s1. The number of carboxylic acid groups (broad SMARTS) is 1. The van der Waals surface area contributed by atoms with Crippen molar-refractivity contribution < 1.29 is 14.7 Å². The Balaban J connectivity index is 2.49. The highest BCUT2D eigenvalue weighted by atomic mass is 32.1. The Kier molecular flexibility index (Phi) is 4.90. The summed E-state index contributed by atoms with van der Waals surface area (Å²) in [5, 5.41) is 13.6. The average Bonchev–Trinajstić information content (AvgIpc) is 2.73. The number of aliphatic carboxylic acids is 1. The van der Waals surface area contributed by atoms with Gasteiger partial charge in [-0.1, -0.05) is 26.8 Å². The number of thiophene rings is 1. The quantitative estimate of drug-likeness (QED) is 0.862. The van der Waals surface area contributed by atoms with E-state index in [1.165, 1.54) is 0 Å². The van der Waals surface area contributed by atoms with Gasteiger partial charge in [0.05, 0.1) is 0 Å². The molecule has 1 aromatic rings. The van der Waals surface area contributed by atoms with Crippen LogP contribution in [0, 0.1) is 5.41 Å². The Morgan fingerprint density at radius 3 is 2.56 bits per heavy atom. The van der Waals surface area contributed by atoms with Crippen LogP contribution in [0.25, 0.3) is 0 Å². The molecule has 1 aromatic heterocycles. The zero-order chi connectivity index (χ0) is 13.8. The third kappa shape index (κ3) is 4.49. The van der Waals surface area contributed by atoms with Crippen LogP contribution in [0.15, 0.2) is 17.5 Å². The van der Waals surface area contributed by atoms with Gasteiger partial charge in [0.1, 0.15) is 6.04 Å². The van der Waals surface area contributed by atoms with Crippen molar-refractivity contribution in [1.82, 2.24) is 5.32 Å². The molecular formula is C13H19NO3S. The Hall–Kier alpha value is -1.36. The molecule has 1 atom stereocenters. The lowest BCUT2D eigenvalue weighted by molar-refractivity contribution is -0.144. The summed E-state index contributed by atoms with van der Waals surface area (Å²) in [4.78, 5) is 24.0. The summed E-state index contributed by atoms with van der Waals surface area (Å²) in [6.45, 7) is 5.39. The van der Waals surface area contributed by atoms with Crippen molar-refractivity contribution in [3.05, 3.63) is 22.4 Å². The average molecular weight is 269 g/mol. The second-order valence-corrected chi connectivity index (χ2v) is 6.32. The number of nitrogens with one attached hydrogen (secondary N) is 1. The maximum absolute atomic E-state index is 11.7. The van der Waals surface area contributed by atoms with Crippen LogP contribution in [-0.4, -0.2) is 23.0 Å². The highest BCUT2D eigenvalue weighted by molar-refractivity contribution is 7.09. The van der Waals surface area contributed by atoms with E-state index in [9.17, 15) is 9.59 Å². The van der Waals surface area contributed by atoms with Gasteiger partial charge in [-0.05, 0) is 23.3 Å². The van der Waals surface area contributed by atoms with Crippen molar-refractivity contribution in [2.75, 3.05) is 0 Å². The van der Waals surface area contributed by atoms with Gasteiger partial charge in [-0.25, -0.2) is 4.79 Å². The van der Waals surface area contributed by atoms with E-state index in [0.29, 0.717) is 12.8 Å². The number of carbonyl (C=O) groups is 2. The molecule has 0 aliphatic heterocycles. The van der Waals surface area contributed by atoms with Crippen LogP contribution in [0.2, 0.25) is 0 Å². The van der Waals surface area contributed by atoms with E-state index < -0.39 is 17.4 Å². The normalized spacial score (nSPS) is 13.1. The Labute approximate surface area is 111 Å². The third-order valence-electron chi connectivity index (χ3n) is 2.60. The van der Waals surface area contributed by atoms with Gasteiger partial charge < -0.3 is 10.4 Å². The van der Waals surface area contributed by atoms with Gasteiger partial charge >= 0.3 is 5.97 Å². The fourth-order valence-electron chi connectivity index (χ4n) is 1.57. The molecule has 0 unspecified atom stereocenters. The molecule has 1 heterocycles. The lowest BCUT2D eigenvalue weighted by Gasteiger charge is -2.27. The maximum atomic E-state index is 11.7. The summed E-state index contributed by atoms with van der Waals surface area (Å²) in [6, 6.07) is 3.05. The Morgan fingerprint density at radius 2 is 2.11 bits per heavy atom. The molecule has 18 heavy (non-hydrogen) atoms. The molecule has 100 valence electrons. The summed E-state index contributed by atoms with van der Waals surface area (Å²) in [5.74, 6) is -1.21. The number of hydrogen-bond acceptors (Lipinski definition) is 3. The first kappa shape index (κ1) is 14.7. The number of rotatable bonds is 5. The predicted molar refractivity (Wildman–Crippen MR) is 71.7 cm³/mol. The van der Waals surface area contributed by atoms with E-state index in [1.807, 2.05) is 17.5 Å². The van der Waals surface area contributed by atoms with E-state index in [-0.39, 0.29) is 5.91 Å². The topological polar surface area (TPSA) is 66.4 Å². The van der Waals surface area contributed by atoms with Crippen LogP contribution in [-0.2, 0) is 16.0 Å². The molecule has 0 aliphatic rings. The summed E-state index contributed by atoms with van der Waals surface area (Å²) in [7, 11) is 0. The lowest BCUT2D eigenvalue weighted by atomic mass is 9.86. The van der Waals surface area contributed by atoms with Gasteiger partial charge in [0.2, 0.25) is 5.91 Å². The predicted octanol–water partition coefficient (Wildman–Crippen LogP) is 2.30. The molecule has 4 nitrogen and oxygen atoms in total. The maximum Gasteiger partial charge on any atom is 0.326 e. The van der Waals surface area contributed by atoms with Crippen molar-refractivity contribution in [3.8, 4) is 0 Å². The van der Waals surface area contributed by atoms with Crippen molar-refractivity contribution >= 4 is 23.2 Å². The lowest BCUT2D eigenvalue weighted by Crippen LogP contribution is -2.49. The molecule has 0 bridgehead atoms. The molecule has 1 amide bonds. The van der Waals surface area contributed by atoms with Crippen LogP contribution in [0.5, 0.6) is 0 Å². The second-order valence-electron chi connectivity index (χ2n) is 5.28. The van der Waals surface area contributed by atoms with Crippen LogP contribution in [0.1, 0.15) is 32.1 Å². The van der Waals surface area contributed by atoms with Crippen molar-refractivity contribution in [1.29, 1.82) is 0 Å². The van der Waals surface area contributed by atoms with Gasteiger partial charge in [0.25, 0.3) is 0 Å². The highest BCUT2D eigenvalue weighted by Crippen LogP contribution is 2.19. The van der Waals surface area contributed by atoms with E-state index in [4.69, 9.17) is 5.11 Å².